The van der Waals surface area contributed by atoms with E-state index in [-0.39, 0.29) is 28.7 Å². The third-order valence-corrected chi connectivity index (χ3v) is 10.8. The minimum Gasteiger partial charge on any atom is -0.344 e. The molecule has 3 aliphatic carbocycles. The number of hydrogen-bond acceptors (Lipinski definition) is 4. The van der Waals surface area contributed by atoms with Crippen LogP contribution in [-0.2, 0) is 15.1 Å². The first kappa shape index (κ1) is 24.6. The van der Waals surface area contributed by atoms with Crippen molar-refractivity contribution in [1.82, 2.24) is 25.2 Å². The van der Waals surface area contributed by atoms with Gasteiger partial charge in [-0.05, 0) is 93.7 Å². The van der Waals surface area contributed by atoms with Gasteiger partial charge in [0.15, 0.2) is 11.5 Å². The van der Waals surface area contributed by atoms with E-state index in [0.717, 1.165) is 49.7 Å². The number of hydrogen-bond donors (Lipinski definition) is 2. The summed E-state index contributed by atoms with van der Waals surface area (Å²) in [6, 6.07) is 3.82. The number of amides is 2. The van der Waals surface area contributed by atoms with Crippen LogP contribution in [0.1, 0.15) is 72.0 Å². The van der Waals surface area contributed by atoms with Crippen molar-refractivity contribution in [3.8, 4) is 0 Å². The smallest absolute Gasteiger partial charge is 0.282 e. The van der Waals surface area contributed by atoms with Crippen LogP contribution in [0.4, 0.5) is 4.39 Å². The van der Waals surface area contributed by atoms with Gasteiger partial charge in [0.2, 0.25) is 5.91 Å². The van der Waals surface area contributed by atoms with Gasteiger partial charge >= 0.3 is 0 Å². The molecule has 3 saturated carbocycles. The molecule has 2 unspecified atom stereocenters. The summed E-state index contributed by atoms with van der Waals surface area (Å²) in [7, 11) is 1.75. The molecule has 8 heteroatoms. The maximum Gasteiger partial charge on any atom is 0.282 e. The Bertz CT molecular complexity index is 1270. The van der Waals surface area contributed by atoms with E-state index in [1.165, 1.54) is 0 Å². The average Bonchev–Trinajstić information content (AvgIpc) is 3.44. The lowest BCUT2D eigenvalue weighted by Gasteiger charge is -2.60. The van der Waals surface area contributed by atoms with E-state index >= 15 is 0 Å². The van der Waals surface area contributed by atoms with Gasteiger partial charge in [-0.25, -0.2) is 14.4 Å². The lowest BCUT2D eigenvalue weighted by Crippen LogP contribution is -2.60. The van der Waals surface area contributed by atoms with Gasteiger partial charge in [0, 0.05) is 30.6 Å². The number of nitrogens with zero attached hydrogens (tertiary/aromatic N) is 3. The number of pyridine rings is 1. The van der Waals surface area contributed by atoms with Crippen LogP contribution in [0.5, 0.6) is 0 Å². The fourth-order valence-electron chi connectivity index (χ4n) is 8.85. The molecular formula is C29H38FN5O2. The van der Waals surface area contributed by atoms with Crippen LogP contribution >= 0.6 is 0 Å². The minimum atomic E-state index is -0.656. The van der Waals surface area contributed by atoms with E-state index < -0.39 is 17.3 Å². The SMILES string of the molecule is CN1C(=O)C(F)=C[C@@]2(C)C1CC[C@@H]1[C@H]2CC[C@]2(C)C(C(=O)NC(C)(C)c3nc4cccnc4[nH]3)CC[C@@H]12. The second-order valence-corrected chi connectivity index (χ2v) is 13.0. The standard InChI is InChI=1S/C29H38FN5O2/c1-27(2,26-32-21-7-6-14-31-23(21)33-26)34-24(36)19-10-9-17-16-8-11-22-29(4,15-20(30)25(37)35(22)5)18(16)12-13-28(17,19)3/h6-7,14-19,22H,8-13H2,1-5H3,(H,34,36)(H,31,32,33)/t16-,17-,18+,19?,22?,28-,29+/m0/s1. The Morgan fingerprint density at radius 1 is 1.19 bits per heavy atom. The van der Waals surface area contributed by atoms with Crippen LogP contribution < -0.4 is 5.32 Å². The molecule has 3 fully saturated rings. The molecule has 0 aromatic carbocycles. The molecular weight excluding hydrogens is 469 g/mol. The number of likely N-dealkylation sites (N-methyl/N-ethyl adjacent to an activating group) is 1. The highest BCUT2D eigenvalue weighted by atomic mass is 19.1. The zero-order valence-electron chi connectivity index (χ0n) is 22.5. The van der Waals surface area contributed by atoms with Crippen molar-refractivity contribution in [2.24, 2.45) is 34.5 Å². The molecule has 0 saturated heterocycles. The fraction of sp³-hybridized carbons (Fsp3) is 0.655. The molecule has 0 spiro atoms. The number of carbonyl (C=O) groups excluding carboxylic acids is 2. The van der Waals surface area contributed by atoms with Gasteiger partial charge in [-0.3, -0.25) is 9.59 Å². The number of aromatic amines is 1. The summed E-state index contributed by atoms with van der Waals surface area (Å²) in [5.41, 5.74) is 0.412. The highest BCUT2D eigenvalue weighted by molar-refractivity contribution is 5.92. The summed E-state index contributed by atoms with van der Waals surface area (Å²) in [6.45, 7) is 8.43. The van der Waals surface area contributed by atoms with Gasteiger partial charge in [-0.15, -0.1) is 0 Å². The second-order valence-electron chi connectivity index (χ2n) is 13.0. The average molecular weight is 508 g/mol. The maximum atomic E-state index is 14.7. The van der Waals surface area contributed by atoms with Crippen molar-refractivity contribution in [2.45, 2.75) is 77.8 Å². The van der Waals surface area contributed by atoms with Crippen LogP contribution in [0.3, 0.4) is 0 Å². The Morgan fingerprint density at radius 2 is 1.97 bits per heavy atom. The lowest BCUT2D eigenvalue weighted by molar-refractivity contribution is -0.145. The van der Waals surface area contributed by atoms with E-state index in [4.69, 9.17) is 0 Å². The first-order valence-electron chi connectivity index (χ1n) is 13.7. The molecule has 3 heterocycles. The Morgan fingerprint density at radius 3 is 2.73 bits per heavy atom. The monoisotopic (exact) mass is 507 g/mol. The van der Waals surface area contributed by atoms with Crippen LogP contribution in [0.2, 0.25) is 0 Å². The fourth-order valence-corrected chi connectivity index (χ4v) is 8.85. The van der Waals surface area contributed by atoms with Gasteiger partial charge in [0.1, 0.15) is 11.3 Å². The molecule has 7 atom stereocenters. The highest BCUT2D eigenvalue weighted by Gasteiger charge is 2.62. The first-order chi connectivity index (χ1) is 17.5. The Balaban J connectivity index is 1.23. The molecule has 6 rings (SSSR count). The van der Waals surface area contributed by atoms with Crippen LogP contribution in [0.25, 0.3) is 11.2 Å². The van der Waals surface area contributed by atoms with Gasteiger partial charge in [0.25, 0.3) is 5.91 Å². The van der Waals surface area contributed by atoms with E-state index in [2.05, 4.69) is 34.1 Å². The molecule has 4 aliphatic rings. The third kappa shape index (κ3) is 3.50. The van der Waals surface area contributed by atoms with Crippen molar-refractivity contribution in [1.29, 1.82) is 0 Å². The van der Waals surface area contributed by atoms with Gasteiger partial charge in [-0.2, -0.15) is 0 Å². The van der Waals surface area contributed by atoms with Crippen molar-refractivity contribution >= 4 is 23.0 Å². The molecule has 1 aliphatic heterocycles. The number of aromatic nitrogens is 3. The van der Waals surface area contributed by atoms with Gasteiger partial charge in [-0.1, -0.05) is 13.8 Å². The number of rotatable bonds is 3. The lowest BCUT2D eigenvalue weighted by atomic mass is 9.47. The summed E-state index contributed by atoms with van der Waals surface area (Å²) in [6.07, 6.45) is 9.09. The van der Waals surface area contributed by atoms with Crippen LogP contribution in [0, 0.1) is 34.5 Å². The number of halogens is 1. The predicted molar refractivity (Wildman–Crippen MR) is 139 cm³/mol. The van der Waals surface area contributed by atoms with Gasteiger partial charge in [0.05, 0.1) is 5.54 Å². The zero-order valence-corrected chi connectivity index (χ0v) is 22.5. The Hall–Kier alpha value is -2.77. The van der Waals surface area contributed by atoms with Crippen molar-refractivity contribution in [2.75, 3.05) is 7.05 Å². The van der Waals surface area contributed by atoms with Gasteiger partial charge < -0.3 is 15.2 Å². The van der Waals surface area contributed by atoms with Crippen molar-refractivity contribution in [3.63, 3.8) is 0 Å². The number of H-pyrrole nitrogens is 1. The third-order valence-electron chi connectivity index (χ3n) is 10.8. The molecule has 0 bridgehead atoms. The maximum absolute atomic E-state index is 14.7. The van der Waals surface area contributed by atoms with Crippen LogP contribution in [0.15, 0.2) is 30.2 Å². The molecule has 7 nitrogen and oxygen atoms in total. The largest absolute Gasteiger partial charge is 0.344 e. The predicted octanol–water partition coefficient (Wildman–Crippen LogP) is 4.86. The van der Waals surface area contributed by atoms with E-state index in [1.54, 1.807) is 24.2 Å². The molecule has 2 aromatic heterocycles. The molecule has 2 N–H and O–H groups in total. The van der Waals surface area contributed by atoms with Crippen molar-refractivity contribution in [3.05, 3.63) is 36.1 Å². The summed E-state index contributed by atoms with van der Waals surface area (Å²) in [5, 5.41) is 3.31. The van der Waals surface area contributed by atoms with E-state index in [9.17, 15) is 14.0 Å². The van der Waals surface area contributed by atoms with E-state index in [0.29, 0.717) is 23.6 Å². The molecule has 198 valence electrons. The van der Waals surface area contributed by atoms with Crippen molar-refractivity contribution < 1.29 is 14.0 Å². The number of fused-ring (bicyclic) bond motifs is 6. The molecule has 2 aromatic rings. The summed E-state index contributed by atoms with van der Waals surface area (Å²) >= 11 is 0. The van der Waals surface area contributed by atoms with E-state index in [1.807, 2.05) is 26.0 Å². The second kappa shape index (κ2) is 8.11. The zero-order chi connectivity index (χ0) is 26.3. The molecule has 0 radical (unpaired) electrons. The number of nitrogens with one attached hydrogen (secondary N) is 2. The number of imidazole rings is 1. The molecule has 37 heavy (non-hydrogen) atoms. The normalized spacial score (nSPS) is 37.6. The quantitative estimate of drug-likeness (QED) is 0.621. The Kier molecular flexibility index (Phi) is 5.38. The minimum absolute atomic E-state index is 0.0460. The summed E-state index contributed by atoms with van der Waals surface area (Å²) in [4.78, 5) is 40.1. The first-order valence-corrected chi connectivity index (χ1v) is 13.7. The summed E-state index contributed by atoms with van der Waals surface area (Å²) in [5.74, 6) is 0.838. The molecule has 2 amide bonds. The highest BCUT2D eigenvalue weighted by Crippen LogP contribution is 2.65. The van der Waals surface area contributed by atoms with Crippen LogP contribution in [-0.4, -0.2) is 44.8 Å². The Labute approximate surface area is 217 Å². The topological polar surface area (TPSA) is 91.0 Å². The number of carbonyl (C=O) groups is 2. The summed E-state index contributed by atoms with van der Waals surface area (Å²) < 4.78 is 14.7.